The highest BCUT2D eigenvalue weighted by atomic mass is 16.6. The molecule has 0 radical (unpaired) electrons. The van der Waals surface area contributed by atoms with Gasteiger partial charge in [0.2, 0.25) is 6.54 Å². The Balaban J connectivity index is 1.91. The predicted molar refractivity (Wildman–Crippen MR) is 97.6 cm³/mol. The minimum Gasteiger partial charge on any atom is -0.453 e. The van der Waals surface area contributed by atoms with Gasteiger partial charge in [-0.3, -0.25) is 24.5 Å². The molecule has 2 rings (SSSR count). The van der Waals surface area contributed by atoms with Gasteiger partial charge in [-0.05, 0) is 31.9 Å². The summed E-state index contributed by atoms with van der Waals surface area (Å²) in [5, 5.41) is 13.5. The van der Waals surface area contributed by atoms with E-state index in [9.17, 15) is 24.5 Å². The molecule has 1 aliphatic carbocycles. The van der Waals surface area contributed by atoms with E-state index in [1.165, 1.54) is 6.92 Å². The Hall–Kier alpha value is -2.77. The van der Waals surface area contributed by atoms with Crippen molar-refractivity contribution >= 4 is 23.3 Å². The molecule has 1 amide bonds. The smallest absolute Gasteiger partial charge is 0.307 e. The number of hydrogen-bond acceptors (Lipinski definition) is 6. The summed E-state index contributed by atoms with van der Waals surface area (Å²) in [5.74, 6) is -2.73. The normalized spacial score (nSPS) is 22.9. The quantitative estimate of drug-likeness (QED) is 0.444. The Labute approximate surface area is 157 Å². The van der Waals surface area contributed by atoms with Crippen molar-refractivity contribution in [3.05, 3.63) is 39.9 Å². The number of ketones is 1. The van der Waals surface area contributed by atoms with Crippen LogP contribution in [-0.4, -0.2) is 35.2 Å². The van der Waals surface area contributed by atoms with E-state index in [0.717, 1.165) is 5.56 Å². The van der Waals surface area contributed by atoms with Crippen LogP contribution in [0.15, 0.2) is 24.3 Å². The highest BCUT2D eigenvalue weighted by Crippen LogP contribution is 2.36. The number of carbonyl (C=O) groups is 3. The lowest BCUT2D eigenvalue weighted by Crippen LogP contribution is -2.32. The third-order valence-corrected chi connectivity index (χ3v) is 4.93. The first kappa shape index (κ1) is 20.5. The number of nitrogens with zero attached hydrogens (tertiary/aromatic N) is 1. The second-order valence-electron chi connectivity index (χ2n) is 7.12. The van der Waals surface area contributed by atoms with Crippen LogP contribution in [-0.2, 0) is 19.1 Å². The van der Waals surface area contributed by atoms with Gasteiger partial charge in [-0.25, -0.2) is 0 Å². The Morgan fingerprint density at radius 2 is 1.96 bits per heavy atom. The largest absolute Gasteiger partial charge is 0.453 e. The highest BCUT2D eigenvalue weighted by Gasteiger charge is 2.44. The number of esters is 1. The molecule has 8 nitrogen and oxygen atoms in total. The standard InChI is InChI=1S/C19H24N2O6/c1-11-4-6-14(7-5-11)20-19(24)13(3)27-18(23)9-15-16(10-21(25)26)12(2)8-17(15)22/h4-7,12-13,15-16H,8-10H2,1-3H3,(H,20,24)/t12-,13-,15-,16-/m1/s1. The zero-order valence-corrected chi connectivity index (χ0v) is 15.6. The van der Waals surface area contributed by atoms with Gasteiger partial charge in [-0.15, -0.1) is 0 Å². The zero-order chi connectivity index (χ0) is 20.1. The lowest BCUT2D eigenvalue weighted by Gasteiger charge is -2.18. The molecule has 0 aliphatic heterocycles. The van der Waals surface area contributed by atoms with Crippen LogP contribution in [0.2, 0.25) is 0 Å². The molecule has 1 aliphatic rings. The predicted octanol–water partition coefficient (Wildman–Crippen LogP) is 2.37. The van der Waals surface area contributed by atoms with Crippen molar-refractivity contribution in [3.63, 3.8) is 0 Å². The number of Topliss-reactive ketones (excluding diaryl/α,β-unsaturated/α-hetero) is 1. The van der Waals surface area contributed by atoms with E-state index in [1.807, 2.05) is 19.1 Å². The molecule has 0 aromatic heterocycles. The molecule has 1 saturated carbocycles. The number of nitrogens with one attached hydrogen (secondary N) is 1. The van der Waals surface area contributed by atoms with Crippen LogP contribution in [0.1, 0.15) is 32.3 Å². The molecule has 146 valence electrons. The average Bonchev–Trinajstić information content (AvgIpc) is 2.83. The van der Waals surface area contributed by atoms with E-state index >= 15 is 0 Å². The van der Waals surface area contributed by atoms with E-state index in [0.29, 0.717) is 5.69 Å². The Morgan fingerprint density at radius 3 is 2.56 bits per heavy atom. The molecule has 1 aromatic rings. The van der Waals surface area contributed by atoms with Crippen LogP contribution in [0.5, 0.6) is 0 Å². The van der Waals surface area contributed by atoms with E-state index in [4.69, 9.17) is 4.74 Å². The Kier molecular flexibility index (Phi) is 6.65. The van der Waals surface area contributed by atoms with Crippen molar-refractivity contribution in [2.24, 2.45) is 17.8 Å². The first-order chi connectivity index (χ1) is 12.7. The van der Waals surface area contributed by atoms with Crippen LogP contribution in [0.4, 0.5) is 5.69 Å². The van der Waals surface area contributed by atoms with Crippen LogP contribution in [0.3, 0.4) is 0 Å². The van der Waals surface area contributed by atoms with Crippen molar-refractivity contribution in [1.82, 2.24) is 0 Å². The van der Waals surface area contributed by atoms with Gasteiger partial charge >= 0.3 is 5.97 Å². The van der Waals surface area contributed by atoms with Crippen LogP contribution >= 0.6 is 0 Å². The summed E-state index contributed by atoms with van der Waals surface area (Å²) in [6, 6.07) is 7.16. The van der Waals surface area contributed by atoms with E-state index in [2.05, 4.69) is 5.32 Å². The molecule has 4 atom stereocenters. The number of ether oxygens (including phenoxy) is 1. The van der Waals surface area contributed by atoms with Crippen molar-refractivity contribution in [1.29, 1.82) is 0 Å². The molecule has 1 N–H and O–H groups in total. The molecular formula is C19H24N2O6. The van der Waals surface area contributed by atoms with E-state index < -0.39 is 34.7 Å². The lowest BCUT2D eigenvalue weighted by atomic mass is 9.88. The van der Waals surface area contributed by atoms with Gasteiger partial charge in [-0.1, -0.05) is 24.6 Å². The van der Waals surface area contributed by atoms with Gasteiger partial charge in [0.1, 0.15) is 5.78 Å². The summed E-state index contributed by atoms with van der Waals surface area (Å²) in [6.07, 6.45) is -1.06. The maximum Gasteiger partial charge on any atom is 0.307 e. The van der Waals surface area contributed by atoms with Gasteiger partial charge in [0.15, 0.2) is 6.10 Å². The molecule has 0 saturated heterocycles. The molecule has 0 bridgehead atoms. The molecular weight excluding hydrogens is 352 g/mol. The van der Waals surface area contributed by atoms with Crippen LogP contribution < -0.4 is 5.32 Å². The fourth-order valence-corrected chi connectivity index (χ4v) is 3.36. The molecule has 0 spiro atoms. The second kappa shape index (κ2) is 8.75. The lowest BCUT2D eigenvalue weighted by molar-refractivity contribution is -0.490. The SMILES string of the molecule is Cc1ccc(NC(=O)[C@@H](C)OC(=O)C[C@H]2C(=O)C[C@@H](C)[C@H]2C[N+](=O)[O-])cc1. The number of aryl methyl sites for hydroxylation is 1. The number of carbonyl (C=O) groups excluding carboxylic acids is 3. The zero-order valence-electron chi connectivity index (χ0n) is 15.6. The summed E-state index contributed by atoms with van der Waals surface area (Å²) in [6.45, 7) is 4.78. The van der Waals surface area contributed by atoms with E-state index in [-0.39, 0.29) is 31.1 Å². The summed E-state index contributed by atoms with van der Waals surface area (Å²) >= 11 is 0. The molecule has 8 heteroatoms. The number of anilines is 1. The third kappa shape index (κ3) is 5.60. The molecule has 1 aromatic carbocycles. The average molecular weight is 376 g/mol. The Morgan fingerprint density at radius 1 is 1.33 bits per heavy atom. The number of amides is 1. The minimum absolute atomic E-state index is 0.150. The summed E-state index contributed by atoms with van der Waals surface area (Å²) in [5.41, 5.74) is 1.63. The number of rotatable bonds is 7. The first-order valence-corrected chi connectivity index (χ1v) is 8.89. The van der Waals surface area contributed by atoms with Crippen LogP contribution in [0, 0.1) is 34.8 Å². The van der Waals surface area contributed by atoms with Gasteiger partial charge in [0.25, 0.3) is 5.91 Å². The monoisotopic (exact) mass is 376 g/mol. The van der Waals surface area contributed by atoms with Gasteiger partial charge in [-0.2, -0.15) is 0 Å². The highest BCUT2D eigenvalue weighted by molar-refractivity contribution is 5.95. The first-order valence-electron chi connectivity index (χ1n) is 8.89. The maximum atomic E-state index is 12.2. The number of nitro groups is 1. The fourth-order valence-electron chi connectivity index (χ4n) is 3.36. The van der Waals surface area contributed by atoms with Crippen molar-refractivity contribution in [2.75, 3.05) is 11.9 Å². The fraction of sp³-hybridized carbons (Fsp3) is 0.526. The van der Waals surface area contributed by atoms with Crippen LogP contribution in [0.25, 0.3) is 0 Å². The number of benzene rings is 1. The maximum absolute atomic E-state index is 12.2. The van der Waals surface area contributed by atoms with Gasteiger partial charge < -0.3 is 10.1 Å². The van der Waals surface area contributed by atoms with Crippen molar-refractivity contribution in [3.8, 4) is 0 Å². The van der Waals surface area contributed by atoms with Crippen molar-refractivity contribution in [2.45, 2.75) is 39.7 Å². The summed E-state index contributed by atoms with van der Waals surface area (Å²) < 4.78 is 5.13. The number of hydrogen-bond donors (Lipinski definition) is 1. The summed E-state index contributed by atoms with van der Waals surface area (Å²) in [7, 11) is 0. The topological polar surface area (TPSA) is 116 Å². The van der Waals surface area contributed by atoms with E-state index in [1.54, 1.807) is 19.1 Å². The second-order valence-corrected chi connectivity index (χ2v) is 7.12. The minimum atomic E-state index is -1.04. The molecule has 1 fully saturated rings. The molecule has 27 heavy (non-hydrogen) atoms. The molecule has 0 heterocycles. The van der Waals surface area contributed by atoms with Crippen molar-refractivity contribution < 1.29 is 24.0 Å². The molecule has 0 unspecified atom stereocenters. The Bertz CT molecular complexity index is 730. The van der Waals surface area contributed by atoms with Gasteiger partial charge in [0, 0.05) is 28.9 Å². The van der Waals surface area contributed by atoms with Gasteiger partial charge in [0.05, 0.1) is 6.42 Å². The summed E-state index contributed by atoms with van der Waals surface area (Å²) in [4.78, 5) is 46.8. The third-order valence-electron chi connectivity index (χ3n) is 4.93.